The van der Waals surface area contributed by atoms with E-state index in [9.17, 15) is 0 Å². The Hall–Kier alpha value is -2.22. The van der Waals surface area contributed by atoms with Gasteiger partial charge in [-0.3, -0.25) is 0 Å². The van der Waals surface area contributed by atoms with Crippen molar-refractivity contribution < 1.29 is 0 Å². The van der Waals surface area contributed by atoms with Crippen molar-refractivity contribution in [3.8, 4) is 11.3 Å². The highest BCUT2D eigenvalue weighted by molar-refractivity contribution is 5.90. The van der Waals surface area contributed by atoms with E-state index >= 15 is 0 Å². The van der Waals surface area contributed by atoms with Crippen LogP contribution in [0.25, 0.3) is 22.0 Å². The third-order valence-corrected chi connectivity index (χ3v) is 4.40. The Kier molecular flexibility index (Phi) is 4.40. The second-order valence-electron chi connectivity index (χ2n) is 9.13. The van der Waals surface area contributed by atoms with Crippen molar-refractivity contribution in [1.29, 1.82) is 0 Å². The molecule has 3 aromatic rings. The van der Waals surface area contributed by atoms with Gasteiger partial charge in [0.25, 0.3) is 0 Å². The van der Waals surface area contributed by atoms with Gasteiger partial charge in [-0.1, -0.05) is 65.8 Å². The molecule has 0 fully saturated rings. The first-order valence-corrected chi connectivity index (χ1v) is 8.98. The molecule has 3 rings (SSSR count). The van der Waals surface area contributed by atoms with Gasteiger partial charge in [0.2, 0.25) is 0 Å². The summed E-state index contributed by atoms with van der Waals surface area (Å²) in [5.41, 5.74) is 4.92. The molecule has 1 heterocycles. The van der Waals surface area contributed by atoms with Crippen molar-refractivity contribution in [2.75, 3.05) is 0 Å². The Bertz CT molecular complexity index is 896. The van der Waals surface area contributed by atoms with Gasteiger partial charge in [-0.25, -0.2) is 9.97 Å². The summed E-state index contributed by atoms with van der Waals surface area (Å²) in [7, 11) is 0. The van der Waals surface area contributed by atoms with Crippen molar-refractivity contribution in [3.05, 3.63) is 60.0 Å². The number of hydrogen-bond acceptors (Lipinski definition) is 2. The molecule has 0 radical (unpaired) electrons. The Morgan fingerprint density at radius 2 is 1.56 bits per heavy atom. The molecule has 2 heteroatoms. The zero-order valence-electron chi connectivity index (χ0n) is 16.2. The van der Waals surface area contributed by atoms with Crippen molar-refractivity contribution in [2.45, 2.75) is 53.4 Å². The zero-order chi connectivity index (χ0) is 18.2. The van der Waals surface area contributed by atoms with Gasteiger partial charge in [0.05, 0.1) is 5.69 Å². The summed E-state index contributed by atoms with van der Waals surface area (Å²) in [6.45, 7) is 13.5. The van der Waals surface area contributed by atoms with Crippen LogP contribution in [0.2, 0.25) is 0 Å². The van der Waals surface area contributed by atoms with Crippen LogP contribution in [0.15, 0.2) is 48.8 Å². The van der Waals surface area contributed by atoms with Gasteiger partial charge in [0.1, 0.15) is 6.33 Å². The van der Waals surface area contributed by atoms with E-state index in [2.05, 4.69) is 94.0 Å². The van der Waals surface area contributed by atoms with E-state index in [1.165, 1.54) is 21.9 Å². The zero-order valence-corrected chi connectivity index (χ0v) is 16.2. The molecule has 0 spiro atoms. The Morgan fingerprint density at radius 3 is 2.24 bits per heavy atom. The minimum Gasteiger partial charge on any atom is -0.241 e. The minimum atomic E-state index is 0.0802. The van der Waals surface area contributed by atoms with Crippen LogP contribution in [-0.2, 0) is 11.8 Å². The smallest absolute Gasteiger partial charge is 0.116 e. The maximum absolute atomic E-state index is 4.56. The molecule has 0 unspecified atom stereocenters. The first-order valence-electron chi connectivity index (χ1n) is 8.98. The number of hydrogen-bond donors (Lipinski definition) is 0. The molecule has 0 saturated carbocycles. The molecule has 25 heavy (non-hydrogen) atoms. The number of benzene rings is 2. The van der Waals surface area contributed by atoms with Gasteiger partial charge in [-0.15, -0.1) is 0 Å². The van der Waals surface area contributed by atoms with Crippen molar-refractivity contribution in [2.24, 2.45) is 5.41 Å². The standard InChI is InChI=1S/C23H28N2/c1-22(2,3)14-18-13-21(25-15-24-18)17-11-16-9-7-8-10-19(16)20(12-17)23(4,5)6/h7-13,15H,14H2,1-6H3. The van der Waals surface area contributed by atoms with Crippen LogP contribution in [0.4, 0.5) is 0 Å². The van der Waals surface area contributed by atoms with Crippen molar-refractivity contribution >= 4 is 10.8 Å². The topological polar surface area (TPSA) is 25.8 Å². The largest absolute Gasteiger partial charge is 0.241 e. The van der Waals surface area contributed by atoms with Crippen LogP contribution >= 0.6 is 0 Å². The molecule has 0 atom stereocenters. The molecule has 0 N–H and O–H groups in total. The molecule has 130 valence electrons. The van der Waals surface area contributed by atoms with Crippen LogP contribution in [0.5, 0.6) is 0 Å². The maximum atomic E-state index is 4.56. The lowest BCUT2D eigenvalue weighted by Gasteiger charge is -2.23. The Balaban J connectivity index is 2.15. The van der Waals surface area contributed by atoms with Gasteiger partial charge < -0.3 is 0 Å². The van der Waals surface area contributed by atoms with E-state index < -0.39 is 0 Å². The molecule has 0 bridgehead atoms. The lowest BCUT2D eigenvalue weighted by Crippen LogP contribution is -2.12. The van der Waals surface area contributed by atoms with Crippen LogP contribution in [0, 0.1) is 5.41 Å². The summed E-state index contributed by atoms with van der Waals surface area (Å²) in [5.74, 6) is 0. The van der Waals surface area contributed by atoms with Crippen LogP contribution in [0.1, 0.15) is 52.8 Å². The Morgan fingerprint density at radius 1 is 0.840 bits per heavy atom. The third kappa shape index (κ3) is 4.07. The van der Waals surface area contributed by atoms with Crippen LogP contribution in [-0.4, -0.2) is 9.97 Å². The summed E-state index contributed by atoms with van der Waals surface area (Å²) in [6, 6.07) is 15.3. The van der Waals surface area contributed by atoms with E-state index in [0.29, 0.717) is 0 Å². The average molecular weight is 332 g/mol. The fraction of sp³-hybridized carbons (Fsp3) is 0.391. The van der Waals surface area contributed by atoms with Crippen LogP contribution in [0.3, 0.4) is 0 Å². The number of nitrogens with zero attached hydrogens (tertiary/aromatic N) is 2. The number of rotatable bonds is 2. The first-order chi connectivity index (χ1) is 11.6. The first kappa shape index (κ1) is 17.6. The van der Waals surface area contributed by atoms with Gasteiger partial charge in [0, 0.05) is 11.3 Å². The third-order valence-electron chi connectivity index (χ3n) is 4.40. The second-order valence-corrected chi connectivity index (χ2v) is 9.13. The monoisotopic (exact) mass is 332 g/mol. The summed E-state index contributed by atoms with van der Waals surface area (Å²) in [6.07, 6.45) is 2.64. The molecule has 2 aromatic carbocycles. The van der Waals surface area contributed by atoms with Gasteiger partial charge in [-0.05, 0) is 51.8 Å². The van der Waals surface area contributed by atoms with Gasteiger partial charge in [-0.2, -0.15) is 0 Å². The van der Waals surface area contributed by atoms with Crippen molar-refractivity contribution in [1.82, 2.24) is 9.97 Å². The highest BCUT2D eigenvalue weighted by Crippen LogP contribution is 2.34. The van der Waals surface area contributed by atoms with E-state index in [1.807, 2.05) is 0 Å². The molecule has 0 aliphatic rings. The predicted molar refractivity (Wildman–Crippen MR) is 107 cm³/mol. The highest BCUT2D eigenvalue weighted by atomic mass is 14.8. The van der Waals surface area contributed by atoms with Gasteiger partial charge in [0.15, 0.2) is 0 Å². The second kappa shape index (κ2) is 6.25. The van der Waals surface area contributed by atoms with Crippen molar-refractivity contribution in [3.63, 3.8) is 0 Å². The Labute approximate surface area is 151 Å². The minimum absolute atomic E-state index is 0.0802. The van der Waals surface area contributed by atoms with Crippen LogP contribution < -0.4 is 0 Å². The predicted octanol–water partition coefficient (Wildman–Crippen LogP) is 6.18. The molecule has 0 amide bonds. The summed E-state index contributed by atoms with van der Waals surface area (Å²) in [5, 5.41) is 2.59. The van der Waals surface area contributed by atoms with E-state index in [-0.39, 0.29) is 10.8 Å². The summed E-state index contributed by atoms with van der Waals surface area (Å²) < 4.78 is 0. The number of fused-ring (bicyclic) bond motifs is 1. The van der Waals surface area contributed by atoms with E-state index in [0.717, 1.165) is 17.8 Å². The molecular weight excluding hydrogens is 304 g/mol. The summed E-state index contributed by atoms with van der Waals surface area (Å²) in [4.78, 5) is 9.03. The molecule has 2 nitrogen and oxygen atoms in total. The molecule has 0 saturated heterocycles. The van der Waals surface area contributed by atoms with E-state index in [1.54, 1.807) is 6.33 Å². The normalized spacial score (nSPS) is 12.6. The fourth-order valence-corrected chi connectivity index (χ4v) is 3.27. The average Bonchev–Trinajstić information content (AvgIpc) is 2.51. The molecule has 1 aromatic heterocycles. The number of aromatic nitrogens is 2. The molecule has 0 aliphatic carbocycles. The molecule has 0 aliphatic heterocycles. The lowest BCUT2D eigenvalue weighted by molar-refractivity contribution is 0.406. The quantitative estimate of drug-likeness (QED) is 0.559. The highest BCUT2D eigenvalue weighted by Gasteiger charge is 2.19. The van der Waals surface area contributed by atoms with Gasteiger partial charge >= 0.3 is 0 Å². The fourth-order valence-electron chi connectivity index (χ4n) is 3.27. The maximum Gasteiger partial charge on any atom is 0.116 e. The molecular formula is C23H28N2. The summed E-state index contributed by atoms with van der Waals surface area (Å²) >= 11 is 0. The lowest BCUT2D eigenvalue weighted by atomic mass is 9.82. The van der Waals surface area contributed by atoms with E-state index in [4.69, 9.17) is 0 Å². The SMILES string of the molecule is CC(C)(C)Cc1cc(-c2cc(C(C)(C)C)c3ccccc3c2)ncn1.